The van der Waals surface area contributed by atoms with Crippen molar-refractivity contribution in [1.82, 2.24) is 9.80 Å². The molecule has 20 heavy (non-hydrogen) atoms. The fourth-order valence-electron chi connectivity index (χ4n) is 2.92. The Balaban J connectivity index is 2.09. The number of rotatable bonds is 5. The normalized spacial score (nSPS) is 21.9. The molecule has 0 amide bonds. The van der Waals surface area contributed by atoms with Crippen LogP contribution in [-0.4, -0.2) is 56.7 Å². The number of likely N-dealkylation sites (tertiary alicyclic amines) is 1. The molecule has 2 atom stereocenters. The number of ether oxygens (including phenoxy) is 1. The highest BCUT2D eigenvalue weighted by Crippen LogP contribution is 2.24. The fraction of sp³-hybridized carbons (Fsp3) is 0.625. The first-order valence-corrected chi connectivity index (χ1v) is 7.38. The highest BCUT2D eigenvalue weighted by molar-refractivity contribution is 5.30. The highest BCUT2D eigenvalue weighted by Gasteiger charge is 2.22. The van der Waals surface area contributed by atoms with Gasteiger partial charge in [0.05, 0.1) is 7.11 Å². The molecule has 2 rings (SSSR count). The Morgan fingerprint density at radius 3 is 2.90 bits per heavy atom. The molecule has 1 heterocycles. The molecule has 2 N–H and O–H groups in total. The van der Waals surface area contributed by atoms with Gasteiger partial charge in [0, 0.05) is 25.2 Å². The largest absolute Gasteiger partial charge is 0.497 e. The van der Waals surface area contributed by atoms with Crippen LogP contribution in [0.1, 0.15) is 24.4 Å². The number of hydrogen-bond acceptors (Lipinski definition) is 4. The van der Waals surface area contributed by atoms with E-state index in [4.69, 9.17) is 10.5 Å². The van der Waals surface area contributed by atoms with Crippen LogP contribution >= 0.6 is 0 Å². The van der Waals surface area contributed by atoms with Gasteiger partial charge in [-0.2, -0.15) is 0 Å². The Morgan fingerprint density at radius 2 is 2.25 bits per heavy atom. The van der Waals surface area contributed by atoms with Crippen molar-refractivity contribution in [1.29, 1.82) is 0 Å². The SMILES string of the molecule is COc1cccc(C(CN2CCCC(N)C2)N(C)C)c1. The predicted molar refractivity (Wildman–Crippen MR) is 83.1 cm³/mol. The zero-order valence-electron chi connectivity index (χ0n) is 12.9. The molecule has 0 saturated carbocycles. The van der Waals surface area contributed by atoms with Crippen molar-refractivity contribution in [2.75, 3.05) is 40.8 Å². The van der Waals surface area contributed by atoms with E-state index < -0.39 is 0 Å². The second-order valence-electron chi connectivity index (χ2n) is 5.92. The monoisotopic (exact) mass is 277 g/mol. The number of nitrogens with zero attached hydrogens (tertiary/aromatic N) is 2. The van der Waals surface area contributed by atoms with E-state index in [0.29, 0.717) is 12.1 Å². The second kappa shape index (κ2) is 7.07. The van der Waals surface area contributed by atoms with Gasteiger partial charge in [0.1, 0.15) is 5.75 Å². The predicted octanol–water partition coefficient (Wildman–Crippen LogP) is 1.72. The van der Waals surface area contributed by atoms with Crippen molar-refractivity contribution < 1.29 is 4.74 Å². The van der Waals surface area contributed by atoms with Crippen molar-refractivity contribution in [3.8, 4) is 5.75 Å². The Morgan fingerprint density at radius 1 is 1.45 bits per heavy atom. The summed E-state index contributed by atoms with van der Waals surface area (Å²) in [5.74, 6) is 0.921. The van der Waals surface area contributed by atoms with E-state index in [1.165, 1.54) is 12.0 Å². The van der Waals surface area contributed by atoms with Crippen molar-refractivity contribution >= 4 is 0 Å². The van der Waals surface area contributed by atoms with Gasteiger partial charge in [-0.3, -0.25) is 4.90 Å². The van der Waals surface area contributed by atoms with Crippen LogP contribution in [-0.2, 0) is 0 Å². The van der Waals surface area contributed by atoms with Gasteiger partial charge < -0.3 is 15.4 Å². The molecule has 1 aliphatic heterocycles. The standard InChI is InChI=1S/C16H27N3O/c1-18(2)16(12-19-9-5-7-14(17)11-19)13-6-4-8-15(10-13)20-3/h4,6,8,10,14,16H,5,7,9,11-12,17H2,1-3H3. The summed E-state index contributed by atoms with van der Waals surface area (Å²) in [7, 11) is 5.98. The number of likely N-dealkylation sites (N-methyl/N-ethyl adjacent to an activating group) is 1. The number of nitrogens with two attached hydrogens (primary N) is 1. The van der Waals surface area contributed by atoms with Crippen LogP contribution in [0.3, 0.4) is 0 Å². The molecule has 1 aromatic rings. The maximum absolute atomic E-state index is 6.09. The van der Waals surface area contributed by atoms with Crippen molar-refractivity contribution in [3.63, 3.8) is 0 Å². The lowest BCUT2D eigenvalue weighted by Gasteiger charge is -2.36. The maximum Gasteiger partial charge on any atom is 0.119 e. The first-order chi connectivity index (χ1) is 9.60. The maximum atomic E-state index is 6.09. The highest BCUT2D eigenvalue weighted by atomic mass is 16.5. The van der Waals surface area contributed by atoms with E-state index >= 15 is 0 Å². The molecule has 2 unspecified atom stereocenters. The summed E-state index contributed by atoms with van der Waals surface area (Å²) >= 11 is 0. The summed E-state index contributed by atoms with van der Waals surface area (Å²) < 4.78 is 5.34. The Bertz CT molecular complexity index is 422. The van der Waals surface area contributed by atoms with E-state index in [9.17, 15) is 0 Å². The van der Waals surface area contributed by atoms with Crippen molar-refractivity contribution in [2.45, 2.75) is 24.9 Å². The van der Waals surface area contributed by atoms with E-state index in [-0.39, 0.29) is 0 Å². The first-order valence-electron chi connectivity index (χ1n) is 7.38. The minimum Gasteiger partial charge on any atom is -0.497 e. The average molecular weight is 277 g/mol. The molecule has 1 fully saturated rings. The van der Waals surface area contributed by atoms with Gasteiger partial charge >= 0.3 is 0 Å². The third-order valence-electron chi connectivity index (χ3n) is 4.08. The van der Waals surface area contributed by atoms with E-state index in [2.05, 4.69) is 42.1 Å². The van der Waals surface area contributed by atoms with Gasteiger partial charge in [-0.05, 0) is 51.2 Å². The molecule has 0 spiro atoms. The van der Waals surface area contributed by atoms with Crippen molar-refractivity contribution in [3.05, 3.63) is 29.8 Å². The summed E-state index contributed by atoms with van der Waals surface area (Å²) in [5.41, 5.74) is 7.39. The lowest BCUT2D eigenvalue weighted by molar-refractivity contribution is 0.151. The zero-order chi connectivity index (χ0) is 14.5. The second-order valence-corrected chi connectivity index (χ2v) is 5.92. The van der Waals surface area contributed by atoms with E-state index in [1.807, 2.05) is 6.07 Å². The van der Waals surface area contributed by atoms with Gasteiger partial charge in [0.15, 0.2) is 0 Å². The summed E-state index contributed by atoms with van der Waals surface area (Å²) in [4.78, 5) is 4.76. The quantitative estimate of drug-likeness (QED) is 0.890. The summed E-state index contributed by atoms with van der Waals surface area (Å²) in [6, 6.07) is 9.07. The van der Waals surface area contributed by atoms with E-state index in [1.54, 1.807) is 7.11 Å². The fourth-order valence-corrected chi connectivity index (χ4v) is 2.92. The molecule has 0 aromatic heterocycles. The van der Waals surface area contributed by atoms with Gasteiger partial charge in [-0.1, -0.05) is 12.1 Å². The summed E-state index contributed by atoms with van der Waals surface area (Å²) in [6.07, 6.45) is 2.36. The van der Waals surface area contributed by atoms with Crippen LogP contribution < -0.4 is 10.5 Å². The van der Waals surface area contributed by atoms with Crippen LogP contribution in [0.25, 0.3) is 0 Å². The van der Waals surface area contributed by atoms with Gasteiger partial charge in [-0.15, -0.1) is 0 Å². The minimum atomic E-state index is 0.330. The molecule has 112 valence electrons. The topological polar surface area (TPSA) is 41.7 Å². The number of piperidine rings is 1. The molecule has 0 aliphatic carbocycles. The number of methoxy groups -OCH3 is 1. The molecule has 0 radical (unpaired) electrons. The molecule has 1 saturated heterocycles. The lowest BCUT2D eigenvalue weighted by Crippen LogP contribution is -2.45. The minimum absolute atomic E-state index is 0.330. The Labute approximate surface area is 122 Å². The third-order valence-corrected chi connectivity index (χ3v) is 4.08. The number of benzene rings is 1. The molecular weight excluding hydrogens is 250 g/mol. The molecule has 1 aliphatic rings. The van der Waals surface area contributed by atoms with Crippen LogP contribution in [0.4, 0.5) is 0 Å². The van der Waals surface area contributed by atoms with Gasteiger partial charge in [-0.25, -0.2) is 0 Å². The first kappa shape index (κ1) is 15.3. The van der Waals surface area contributed by atoms with Crippen molar-refractivity contribution in [2.24, 2.45) is 5.73 Å². The molecule has 4 nitrogen and oxygen atoms in total. The van der Waals surface area contributed by atoms with Gasteiger partial charge in [0.2, 0.25) is 0 Å². The van der Waals surface area contributed by atoms with Crippen LogP contribution in [0.15, 0.2) is 24.3 Å². The van der Waals surface area contributed by atoms with Crippen LogP contribution in [0, 0.1) is 0 Å². The molecule has 1 aromatic carbocycles. The molecular formula is C16H27N3O. The van der Waals surface area contributed by atoms with Crippen LogP contribution in [0.2, 0.25) is 0 Å². The Kier molecular flexibility index (Phi) is 5.40. The lowest BCUT2D eigenvalue weighted by atomic mass is 10.0. The summed E-state index contributed by atoms with van der Waals surface area (Å²) in [6.45, 7) is 3.18. The average Bonchev–Trinajstić information content (AvgIpc) is 2.44. The number of hydrogen-bond donors (Lipinski definition) is 1. The van der Waals surface area contributed by atoms with Crippen LogP contribution in [0.5, 0.6) is 5.75 Å². The Hall–Kier alpha value is -1.10. The summed E-state index contributed by atoms with van der Waals surface area (Å²) in [5, 5.41) is 0. The molecule has 0 bridgehead atoms. The van der Waals surface area contributed by atoms with Gasteiger partial charge in [0.25, 0.3) is 0 Å². The third kappa shape index (κ3) is 3.95. The van der Waals surface area contributed by atoms with E-state index in [0.717, 1.165) is 31.8 Å². The zero-order valence-corrected chi connectivity index (χ0v) is 12.9. The molecule has 4 heteroatoms. The smallest absolute Gasteiger partial charge is 0.119 e.